The minimum absolute atomic E-state index is 0.314. The highest BCUT2D eigenvalue weighted by Gasteiger charge is 2.37. The normalized spacial score (nSPS) is 13.7. The average Bonchev–Trinajstić information content (AvgIpc) is 2.74. The van der Waals surface area contributed by atoms with Crippen LogP contribution in [0.1, 0.15) is 28.4 Å². The Kier molecular flexibility index (Phi) is 3.52. The summed E-state index contributed by atoms with van der Waals surface area (Å²) < 4.78 is 0. The van der Waals surface area contributed by atoms with Crippen LogP contribution < -0.4 is 4.90 Å². The van der Waals surface area contributed by atoms with Gasteiger partial charge >= 0.3 is 0 Å². The molecule has 0 bridgehead atoms. The van der Waals surface area contributed by atoms with Crippen molar-refractivity contribution in [2.75, 3.05) is 4.90 Å². The van der Waals surface area contributed by atoms with Gasteiger partial charge in [-0.05, 0) is 29.7 Å². The minimum atomic E-state index is -0.481. The van der Waals surface area contributed by atoms with E-state index in [1.807, 2.05) is 37.3 Å². The maximum absolute atomic E-state index is 12.3. The predicted molar refractivity (Wildman–Crippen MR) is 82.8 cm³/mol. The molecular weight excluding hydrogens is 286 g/mol. The summed E-state index contributed by atoms with van der Waals surface area (Å²) in [5.41, 5.74) is 3.05. The van der Waals surface area contributed by atoms with E-state index in [4.69, 9.17) is 11.6 Å². The molecule has 1 amide bonds. The zero-order chi connectivity index (χ0) is 15.0. The lowest BCUT2D eigenvalue weighted by Gasteiger charge is -2.20. The molecule has 1 heterocycles. The number of halogens is 1. The van der Waals surface area contributed by atoms with Gasteiger partial charge in [0.1, 0.15) is 0 Å². The molecule has 0 fully saturated rings. The summed E-state index contributed by atoms with van der Waals surface area (Å²) in [6.07, 6.45) is 0.767. The lowest BCUT2D eigenvalue weighted by atomic mass is 10.0. The van der Waals surface area contributed by atoms with E-state index in [0.717, 1.165) is 23.2 Å². The summed E-state index contributed by atoms with van der Waals surface area (Å²) in [6.45, 7) is 2.32. The quantitative estimate of drug-likeness (QED) is 0.812. The van der Waals surface area contributed by atoms with Gasteiger partial charge in [0.15, 0.2) is 0 Å². The molecule has 0 radical (unpaired) electrons. The van der Waals surface area contributed by atoms with Crippen molar-refractivity contribution in [1.82, 2.24) is 0 Å². The number of nitrogens with zero attached hydrogens (tertiary/aromatic N) is 1. The first-order valence-electron chi connectivity index (χ1n) is 6.85. The number of hydrogen-bond acceptors (Lipinski definition) is 2. The Morgan fingerprint density at radius 3 is 2.43 bits per heavy atom. The Morgan fingerprint density at radius 1 is 1.00 bits per heavy atom. The molecule has 1 aliphatic heterocycles. The molecule has 106 valence electrons. The van der Waals surface area contributed by atoms with Gasteiger partial charge in [0.2, 0.25) is 0 Å². The van der Waals surface area contributed by atoms with Crippen LogP contribution in [-0.4, -0.2) is 11.7 Å². The lowest BCUT2D eigenvalue weighted by Crippen LogP contribution is -2.29. The number of rotatable bonds is 3. The summed E-state index contributed by atoms with van der Waals surface area (Å²) in [5.74, 6) is -0.918. The lowest BCUT2D eigenvalue weighted by molar-refractivity contribution is -0.114. The van der Waals surface area contributed by atoms with Crippen molar-refractivity contribution in [2.24, 2.45) is 0 Å². The standard InChI is InChI=1S/C17H14ClNO2/c1-2-11-7-5-8-13-15(11)19(17(21)16(13)20)10-12-6-3-4-9-14(12)18/h3-9H,2,10H2,1H3. The second kappa shape index (κ2) is 5.34. The monoisotopic (exact) mass is 299 g/mol. The molecule has 3 nitrogen and oxygen atoms in total. The summed E-state index contributed by atoms with van der Waals surface area (Å²) in [4.78, 5) is 25.9. The van der Waals surface area contributed by atoms with E-state index in [2.05, 4.69) is 0 Å². The maximum atomic E-state index is 12.3. The number of hydrogen-bond donors (Lipinski definition) is 0. The number of carbonyl (C=O) groups is 2. The number of Topliss-reactive ketones (excluding diaryl/α,β-unsaturated/α-hetero) is 1. The van der Waals surface area contributed by atoms with Crippen LogP contribution >= 0.6 is 11.6 Å². The Balaban J connectivity index is 2.07. The van der Waals surface area contributed by atoms with Crippen LogP contribution in [0.25, 0.3) is 0 Å². The van der Waals surface area contributed by atoms with Crippen molar-refractivity contribution < 1.29 is 9.59 Å². The zero-order valence-electron chi connectivity index (χ0n) is 11.6. The van der Waals surface area contributed by atoms with E-state index in [1.165, 1.54) is 4.90 Å². The molecule has 0 saturated heterocycles. The molecule has 0 spiro atoms. The van der Waals surface area contributed by atoms with Gasteiger partial charge in [0, 0.05) is 5.02 Å². The molecule has 0 N–H and O–H groups in total. The van der Waals surface area contributed by atoms with Crippen molar-refractivity contribution >= 4 is 29.0 Å². The van der Waals surface area contributed by atoms with E-state index < -0.39 is 11.7 Å². The molecule has 1 aliphatic rings. The highest BCUT2D eigenvalue weighted by atomic mass is 35.5. The summed E-state index contributed by atoms with van der Waals surface area (Å²) >= 11 is 6.16. The molecule has 0 aliphatic carbocycles. The molecule has 4 heteroatoms. The van der Waals surface area contributed by atoms with Crippen LogP contribution in [-0.2, 0) is 17.8 Å². The number of carbonyl (C=O) groups excluding carboxylic acids is 2. The Hall–Kier alpha value is -2.13. The molecule has 2 aromatic carbocycles. The van der Waals surface area contributed by atoms with Gasteiger partial charge in [0.05, 0.1) is 17.8 Å². The van der Waals surface area contributed by atoms with E-state index in [9.17, 15) is 9.59 Å². The van der Waals surface area contributed by atoms with Crippen molar-refractivity contribution in [1.29, 1.82) is 0 Å². The van der Waals surface area contributed by atoms with Gasteiger partial charge < -0.3 is 4.90 Å². The van der Waals surface area contributed by atoms with Crippen LogP contribution in [0.2, 0.25) is 5.02 Å². The highest BCUT2D eigenvalue weighted by Crippen LogP contribution is 2.34. The maximum Gasteiger partial charge on any atom is 0.299 e. The van der Waals surface area contributed by atoms with E-state index in [1.54, 1.807) is 12.1 Å². The predicted octanol–water partition coefficient (Wildman–Crippen LogP) is 3.63. The van der Waals surface area contributed by atoms with Crippen molar-refractivity contribution in [2.45, 2.75) is 19.9 Å². The van der Waals surface area contributed by atoms with Crippen LogP contribution in [0, 0.1) is 0 Å². The van der Waals surface area contributed by atoms with Gasteiger partial charge in [0.25, 0.3) is 11.7 Å². The fourth-order valence-corrected chi connectivity index (χ4v) is 2.86. The van der Waals surface area contributed by atoms with Crippen molar-refractivity contribution in [3.05, 3.63) is 64.2 Å². The van der Waals surface area contributed by atoms with E-state index >= 15 is 0 Å². The number of aryl methyl sites for hydroxylation is 1. The van der Waals surface area contributed by atoms with Crippen molar-refractivity contribution in [3.63, 3.8) is 0 Å². The van der Waals surface area contributed by atoms with Crippen LogP contribution in [0.3, 0.4) is 0 Å². The number of ketones is 1. The van der Waals surface area contributed by atoms with Crippen LogP contribution in [0.15, 0.2) is 42.5 Å². The first-order chi connectivity index (χ1) is 10.1. The molecule has 0 saturated carbocycles. The molecular formula is C17H14ClNO2. The second-order valence-corrected chi connectivity index (χ2v) is 5.39. The fraction of sp³-hybridized carbons (Fsp3) is 0.176. The number of amides is 1. The topological polar surface area (TPSA) is 37.4 Å². The van der Waals surface area contributed by atoms with E-state index in [0.29, 0.717) is 17.1 Å². The SMILES string of the molecule is CCc1cccc2c1N(Cc1ccccc1Cl)C(=O)C2=O. The molecule has 3 rings (SSSR count). The zero-order valence-corrected chi connectivity index (χ0v) is 12.4. The molecule has 0 atom stereocenters. The fourth-order valence-electron chi connectivity index (χ4n) is 2.67. The largest absolute Gasteiger partial charge is 0.300 e. The Morgan fingerprint density at radius 2 is 1.71 bits per heavy atom. The van der Waals surface area contributed by atoms with Crippen LogP contribution in [0.4, 0.5) is 5.69 Å². The first kappa shape index (κ1) is 13.8. The number of benzene rings is 2. The number of fused-ring (bicyclic) bond motifs is 1. The van der Waals surface area contributed by atoms with Crippen molar-refractivity contribution in [3.8, 4) is 0 Å². The first-order valence-corrected chi connectivity index (χ1v) is 7.22. The van der Waals surface area contributed by atoms with Gasteiger partial charge in [-0.25, -0.2) is 0 Å². The molecule has 0 aromatic heterocycles. The van der Waals surface area contributed by atoms with Gasteiger partial charge in [-0.2, -0.15) is 0 Å². The van der Waals surface area contributed by atoms with Gasteiger partial charge in [-0.15, -0.1) is 0 Å². The Labute approximate surface area is 128 Å². The number of anilines is 1. The summed E-state index contributed by atoms with van der Waals surface area (Å²) in [6, 6.07) is 12.8. The van der Waals surface area contributed by atoms with Gasteiger partial charge in [-0.1, -0.05) is 48.9 Å². The van der Waals surface area contributed by atoms with E-state index in [-0.39, 0.29) is 0 Å². The average molecular weight is 300 g/mol. The smallest absolute Gasteiger partial charge is 0.299 e. The highest BCUT2D eigenvalue weighted by molar-refractivity contribution is 6.52. The van der Waals surface area contributed by atoms with Gasteiger partial charge in [-0.3, -0.25) is 9.59 Å². The molecule has 0 unspecified atom stereocenters. The minimum Gasteiger partial charge on any atom is -0.300 e. The summed E-state index contributed by atoms with van der Waals surface area (Å²) in [5, 5.41) is 0.597. The van der Waals surface area contributed by atoms with Crippen LogP contribution in [0.5, 0.6) is 0 Å². The Bertz CT molecular complexity index is 739. The third kappa shape index (κ3) is 2.24. The second-order valence-electron chi connectivity index (χ2n) is 4.98. The third-order valence-corrected chi connectivity index (χ3v) is 4.11. The summed E-state index contributed by atoms with van der Waals surface area (Å²) in [7, 11) is 0. The molecule has 2 aromatic rings. The number of para-hydroxylation sites is 1. The molecule has 21 heavy (non-hydrogen) atoms. The third-order valence-electron chi connectivity index (χ3n) is 3.74.